The molecule has 0 aliphatic heterocycles. The Balaban J connectivity index is 2.60. The summed E-state index contributed by atoms with van der Waals surface area (Å²) in [5.74, 6) is 0.973. The van der Waals surface area contributed by atoms with Crippen molar-refractivity contribution in [1.29, 1.82) is 0 Å². The molecule has 1 N–H and O–H groups in total. The van der Waals surface area contributed by atoms with Crippen molar-refractivity contribution in [3.8, 4) is 0 Å². The average Bonchev–Trinajstić information content (AvgIpc) is 2.61. The molecule has 92 valence electrons. The summed E-state index contributed by atoms with van der Waals surface area (Å²) in [5.41, 5.74) is 0. The van der Waals surface area contributed by atoms with Crippen molar-refractivity contribution in [3.63, 3.8) is 0 Å². The first-order chi connectivity index (χ1) is 7.50. The van der Waals surface area contributed by atoms with Gasteiger partial charge in [-0.1, -0.05) is 0 Å². The average molecular weight is 224 g/mol. The lowest BCUT2D eigenvalue weighted by Crippen LogP contribution is -2.20. The van der Waals surface area contributed by atoms with Crippen molar-refractivity contribution in [3.05, 3.63) is 12.4 Å². The van der Waals surface area contributed by atoms with Crippen LogP contribution in [-0.4, -0.2) is 41.1 Å². The van der Waals surface area contributed by atoms with E-state index >= 15 is 0 Å². The largest absolute Gasteiger partial charge is 0.353 e. The van der Waals surface area contributed by atoms with E-state index in [1.165, 1.54) is 0 Å². The summed E-state index contributed by atoms with van der Waals surface area (Å²) in [6, 6.07) is 0.897. The van der Waals surface area contributed by atoms with Crippen molar-refractivity contribution in [2.45, 2.75) is 39.3 Å². The zero-order valence-corrected chi connectivity index (χ0v) is 11.1. The second-order valence-electron chi connectivity index (χ2n) is 4.90. The minimum atomic E-state index is 0.419. The summed E-state index contributed by atoms with van der Waals surface area (Å²) in [4.78, 5) is 6.55. The third-order valence-corrected chi connectivity index (χ3v) is 2.56. The summed E-state index contributed by atoms with van der Waals surface area (Å²) in [7, 11) is 4.21. The van der Waals surface area contributed by atoms with E-state index in [4.69, 9.17) is 0 Å². The van der Waals surface area contributed by atoms with Gasteiger partial charge in [-0.2, -0.15) is 0 Å². The van der Waals surface area contributed by atoms with Crippen LogP contribution >= 0.6 is 0 Å². The highest BCUT2D eigenvalue weighted by Crippen LogP contribution is 2.17. The van der Waals surface area contributed by atoms with Crippen molar-refractivity contribution in [1.82, 2.24) is 14.5 Å². The molecule has 0 radical (unpaired) electrons. The maximum absolute atomic E-state index is 4.34. The molecule has 1 heterocycles. The lowest BCUT2D eigenvalue weighted by Gasteiger charge is -2.20. The fourth-order valence-electron chi connectivity index (χ4n) is 1.62. The van der Waals surface area contributed by atoms with Gasteiger partial charge in [0.05, 0.1) is 0 Å². The van der Waals surface area contributed by atoms with Crippen LogP contribution in [-0.2, 0) is 0 Å². The van der Waals surface area contributed by atoms with Crippen molar-refractivity contribution < 1.29 is 0 Å². The molecule has 1 aromatic rings. The second kappa shape index (κ2) is 5.89. The van der Waals surface area contributed by atoms with E-state index in [0.29, 0.717) is 12.1 Å². The number of aromatic nitrogens is 2. The fourth-order valence-corrected chi connectivity index (χ4v) is 1.62. The molecule has 1 atom stereocenters. The molecule has 16 heavy (non-hydrogen) atoms. The van der Waals surface area contributed by atoms with E-state index in [1.54, 1.807) is 0 Å². The standard InChI is InChI=1S/C12H24N4/c1-10(2)14-12-13-7-9-16(12)11(3)6-8-15(4)5/h7,9-11H,6,8H2,1-5H3,(H,13,14). The molecule has 0 fully saturated rings. The smallest absolute Gasteiger partial charge is 0.203 e. The van der Waals surface area contributed by atoms with Gasteiger partial charge in [0.25, 0.3) is 0 Å². The van der Waals surface area contributed by atoms with Crippen LogP contribution < -0.4 is 5.32 Å². The minimum Gasteiger partial charge on any atom is -0.353 e. The maximum atomic E-state index is 4.34. The number of hydrogen-bond donors (Lipinski definition) is 1. The van der Waals surface area contributed by atoms with E-state index in [2.05, 4.69) is 54.6 Å². The lowest BCUT2D eigenvalue weighted by molar-refractivity contribution is 0.359. The van der Waals surface area contributed by atoms with E-state index in [-0.39, 0.29) is 0 Å². The Kier molecular flexibility index (Phi) is 4.80. The van der Waals surface area contributed by atoms with Crippen molar-refractivity contribution in [2.75, 3.05) is 26.0 Å². The van der Waals surface area contributed by atoms with Gasteiger partial charge in [-0.25, -0.2) is 4.98 Å². The summed E-state index contributed by atoms with van der Waals surface area (Å²) < 4.78 is 2.21. The topological polar surface area (TPSA) is 33.1 Å². The molecular formula is C12H24N4. The summed E-state index contributed by atoms with van der Waals surface area (Å²) in [5, 5.41) is 3.36. The fraction of sp³-hybridized carbons (Fsp3) is 0.750. The van der Waals surface area contributed by atoms with Gasteiger partial charge < -0.3 is 14.8 Å². The molecule has 1 unspecified atom stereocenters. The van der Waals surface area contributed by atoms with E-state index in [9.17, 15) is 0 Å². The number of rotatable bonds is 6. The first-order valence-corrected chi connectivity index (χ1v) is 5.94. The van der Waals surface area contributed by atoms with Gasteiger partial charge in [0, 0.05) is 24.5 Å². The van der Waals surface area contributed by atoms with Gasteiger partial charge in [-0.15, -0.1) is 0 Å². The van der Waals surface area contributed by atoms with Crippen LogP contribution in [0, 0.1) is 0 Å². The molecule has 1 rings (SSSR count). The molecule has 0 amide bonds. The zero-order chi connectivity index (χ0) is 12.1. The second-order valence-corrected chi connectivity index (χ2v) is 4.90. The first-order valence-electron chi connectivity index (χ1n) is 5.94. The summed E-state index contributed by atoms with van der Waals surface area (Å²) in [6.45, 7) is 7.59. The predicted octanol–water partition coefficient (Wildman–Crippen LogP) is 2.22. The molecule has 0 bridgehead atoms. The highest BCUT2D eigenvalue weighted by Gasteiger charge is 2.10. The lowest BCUT2D eigenvalue weighted by atomic mass is 10.2. The Morgan fingerprint density at radius 2 is 2.06 bits per heavy atom. The normalized spacial score (nSPS) is 13.4. The number of anilines is 1. The Hall–Kier alpha value is -1.03. The van der Waals surface area contributed by atoms with Gasteiger partial charge >= 0.3 is 0 Å². The van der Waals surface area contributed by atoms with Crippen LogP contribution in [0.3, 0.4) is 0 Å². The highest BCUT2D eigenvalue weighted by atomic mass is 15.2. The van der Waals surface area contributed by atoms with Gasteiger partial charge in [0.1, 0.15) is 0 Å². The van der Waals surface area contributed by atoms with E-state index < -0.39 is 0 Å². The maximum Gasteiger partial charge on any atom is 0.203 e. The first kappa shape index (κ1) is 13.0. The molecule has 0 aromatic carbocycles. The Bertz CT molecular complexity index is 304. The number of nitrogens with zero attached hydrogens (tertiary/aromatic N) is 3. The third kappa shape index (κ3) is 3.85. The minimum absolute atomic E-state index is 0.419. The SMILES string of the molecule is CC(C)Nc1nccn1C(C)CCN(C)C. The van der Waals surface area contributed by atoms with Crippen LogP contribution in [0.5, 0.6) is 0 Å². The summed E-state index contributed by atoms with van der Waals surface area (Å²) in [6.07, 6.45) is 5.04. The molecule has 0 aliphatic rings. The summed E-state index contributed by atoms with van der Waals surface area (Å²) >= 11 is 0. The van der Waals surface area contributed by atoms with Crippen LogP contribution in [0.4, 0.5) is 5.95 Å². The van der Waals surface area contributed by atoms with Gasteiger partial charge in [0.2, 0.25) is 5.95 Å². The van der Waals surface area contributed by atoms with Crippen LogP contribution in [0.25, 0.3) is 0 Å². The molecule has 4 heteroatoms. The van der Waals surface area contributed by atoms with Crippen LogP contribution in [0.1, 0.15) is 33.2 Å². The van der Waals surface area contributed by atoms with E-state index in [1.807, 2.05) is 12.4 Å². The van der Waals surface area contributed by atoms with Gasteiger partial charge in [-0.3, -0.25) is 0 Å². The quantitative estimate of drug-likeness (QED) is 0.804. The Morgan fingerprint density at radius 3 is 2.62 bits per heavy atom. The van der Waals surface area contributed by atoms with Gasteiger partial charge in [0.15, 0.2) is 0 Å². The monoisotopic (exact) mass is 224 g/mol. The van der Waals surface area contributed by atoms with Crippen LogP contribution in [0.2, 0.25) is 0 Å². The molecule has 0 spiro atoms. The molecule has 4 nitrogen and oxygen atoms in total. The third-order valence-electron chi connectivity index (χ3n) is 2.56. The molecule has 1 aromatic heterocycles. The van der Waals surface area contributed by atoms with Crippen LogP contribution in [0.15, 0.2) is 12.4 Å². The van der Waals surface area contributed by atoms with Crippen molar-refractivity contribution in [2.24, 2.45) is 0 Å². The Morgan fingerprint density at radius 1 is 1.38 bits per heavy atom. The number of hydrogen-bond acceptors (Lipinski definition) is 3. The number of nitrogens with one attached hydrogen (secondary N) is 1. The highest BCUT2D eigenvalue weighted by molar-refractivity contribution is 5.27. The van der Waals surface area contributed by atoms with Gasteiger partial charge in [-0.05, 0) is 47.8 Å². The molecule has 0 saturated heterocycles. The molecule has 0 aliphatic carbocycles. The molecular weight excluding hydrogens is 200 g/mol. The predicted molar refractivity (Wildman–Crippen MR) is 68.9 cm³/mol. The zero-order valence-electron chi connectivity index (χ0n) is 11.1. The Labute approximate surface area is 98.7 Å². The number of imidazole rings is 1. The molecule has 0 saturated carbocycles. The van der Waals surface area contributed by atoms with E-state index in [0.717, 1.165) is 18.9 Å². The van der Waals surface area contributed by atoms with Crippen molar-refractivity contribution >= 4 is 5.95 Å².